The van der Waals surface area contributed by atoms with Gasteiger partial charge in [-0.2, -0.15) is 0 Å². The van der Waals surface area contributed by atoms with Gasteiger partial charge in [-0.15, -0.1) is 0 Å². The van der Waals surface area contributed by atoms with Gasteiger partial charge in [0.25, 0.3) is 0 Å². The third-order valence-electron chi connectivity index (χ3n) is 7.53. The van der Waals surface area contributed by atoms with E-state index in [1.165, 1.54) is 57.8 Å². The van der Waals surface area contributed by atoms with E-state index in [4.69, 9.17) is 14.2 Å². The van der Waals surface area contributed by atoms with E-state index in [0.717, 1.165) is 25.7 Å². The van der Waals surface area contributed by atoms with Crippen LogP contribution in [0, 0.1) is 0 Å². The largest absolute Gasteiger partial charge is 0.544 e. The molecule has 45 heavy (non-hydrogen) atoms. The first-order valence-corrected chi connectivity index (χ1v) is 17.5. The van der Waals surface area contributed by atoms with Crippen LogP contribution in [0.15, 0.2) is 36.5 Å². The van der Waals surface area contributed by atoms with E-state index in [0.29, 0.717) is 12.8 Å². The number of likely N-dealkylation sites (N-methyl/N-ethyl adjacent to an activating group) is 1. The molecule has 0 bridgehead atoms. The monoisotopic (exact) mass is 635 g/mol. The molecule has 0 spiro atoms. The van der Waals surface area contributed by atoms with Crippen molar-refractivity contribution in [3.63, 3.8) is 0 Å². The SMILES string of the molecule is CCCCCC/C=C/CCC(=O)OC(COCCC(C(=O)[O-])[N+](C)(C)C)COC(=O)CC/C=C/C/C=C/CCCCCCCC. The lowest BCUT2D eigenvalue weighted by molar-refractivity contribution is -0.889. The van der Waals surface area contributed by atoms with Crippen LogP contribution in [0.1, 0.15) is 129 Å². The predicted octanol–water partition coefficient (Wildman–Crippen LogP) is 7.01. The molecule has 2 unspecified atom stereocenters. The number of carbonyl (C=O) groups excluding carboxylic acids is 3. The zero-order valence-corrected chi connectivity index (χ0v) is 29.3. The highest BCUT2D eigenvalue weighted by Crippen LogP contribution is 2.10. The van der Waals surface area contributed by atoms with E-state index in [-0.39, 0.29) is 55.5 Å². The minimum atomic E-state index is -1.14. The molecule has 8 heteroatoms. The second-order valence-corrected chi connectivity index (χ2v) is 12.7. The molecular weight excluding hydrogens is 570 g/mol. The van der Waals surface area contributed by atoms with Gasteiger partial charge >= 0.3 is 11.9 Å². The van der Waals surface area contributed by atoms with Gasteiger partial charge in [0, 0.05) is 19.3 Å². The summed E-state index contributed by atoms with van der Waals surface area (Å²) in [7, 11) is 5.36. The molecule has 0 saturated heterocycles. The number of carbonyl (C=O) groups is 3. The summed E-state index contributed by atoms with van der Waals surface area (Å²) in [5.74, 6) is -1.89. The van der Waals surface area contributed by atoms with Gasteiger partial charge in [0.05, 0.1) is 40.3 Å². The molecule has 0 aromatic rings. The molecule has 0 fully saturated rings. The van der Waals surface area contributed by atoms with Crippen LogP contribution in [0.25, 0.3) is 0 Å². The normalized spacial score (nSPS) is 13.5. The van der Waals surface area contributed by atoms with Gasteiger partial charge in [0.2, 0.25) is 0 Å². The summed E-state index contributed by atoms with van der Waals surface area (Å²) in [5.41, 5.74) is 0. The van der Waals surface area contributed by atoms with Gasteiger partial charge in [-0.05, 0) is 44.9 Å². The Morgan fingerprint density at radius 3 is 1.78 bits per heavy atom. The molecule has 0 radical (unpaired) electrons. The van der Waals surface area contributed by atoms with Crippen molar-refractivity contribution >= 4 is 17.9 Å². The number of hydrogen-bond acceptors (Lipinski definition) is 7. The Bertz CT molecular complexity index is 844. The van der Waals surface area contributed by atoms with Crippen molar-refractivity contribution in [2.75, 3.05) is 41.0 Å². The second-order valence-electron chi connectivity index (χ2n) is 12.7. The smallest absolute Gasteiger partial charge is 0.306 e. The minimum absolute atomic E-state index is 0.00811. The summed E-state index contributed by atoms with van der Waals surface area (Å²) in [5, 5.41) is 11.5. The highest BCUT2D eigenvalue weighted by atomic mass is 16.6. The third-order valence-corrected chi connectivity index (χ3v) is 7.53. The molecule has 0 aliphatic heterocycles. The fraction of sp³-hybridized carbons (Fsp3) is 0.757. The molecule has 8 nitrogen and oxygen atoms in total. The van der Waals surface area contributed by atoms with E-state index >= 15 is 0 Å². The number of ether oxygens (including phenoxy) is 3. The molecule has 0 aromatic carbocycles. The van der Waals surface area contributed by atoms with Crippen molar-refractivity contribution in [2.45, 2.75) is 142 Å². The topological polar surface area (TPSA) is 102 Å². The van der Waals surface area contributed by atoms with Gasteiger partial charge in [-0.1, -0.05) is 102 Å². The maximum absolute atomic E-state index is 12.5. The number of allylic oxidation sites excluding steroid dienone is 6. The van der Waals surface area contributed by atoms with Crippen LogP contribution in [0.2, 0.25) is 0 Å². The van der Waals surface area contributed by atoms with Gasteiger partial charge in [0.1, 0.15) is 12.6 Å². The summed E-state index contributed by atoms with van der Waals surface area (Å²) < 4.78 is 16.9. The Morgan fingerprint density at radius 1 is 0.667 bits per heavy atom. The van der Waals surface area contributed by atoms with Crippen LogP contribution in [0.3, 0.4) is 0 Å². The summed E-state index contributed by atoms with van der Waals surface area (Å²) in [4.78, 5) is 36.4. The summed E-state index contributed by atoms with van der Waals surface area (Å²) >= 11 is 0. The van der Waals surface area contributed by atoms with Crippen molar-refractivity contribution < 1.29 is 38.2 Å². The standard InChI is InChI=1S/C37H65NO7/c1-6-8-10-12-14-16-17-18-19-20-22-23-25-27-35(39)44-32-33(31-43-30-29-34(37(41)42)38(3,4)5)45-36(40)28-26-24-21-15-13-11-9-7-2/h18-19,21-24,33-34H,6-17,20,25-32H2,1-5H3/b19-18+,23-22+,24-21+. The zero-order valence-electron chi connectivity index (χ0n) is 29.3. The number of carboxylic acid groups (broad SMARTS) is 1. The quantitative estimate of drug-likeness (QED) is 0.0362. The van der Waals surface area contributed by atoms with Gasteiger partial charge in [-0.25, -0.2) is 0 Å². The number of nitrogens with zero attached hydrogens (tertiary/aromatic N) is 1. The lowest BCUT2D eigenvalue weighted by atomic mass is 10.1. The highest BCUT2D eigenvalue weighted by Gasteiger charge is 2.25. The molecule has 0 amide bonds. The molecule has 0 aliphatic carbocycles. The number of esters is 2. The molecule has 0 heterocycles. The molecular formula is C37H65NO7. The van der Waals surface area contributed by atoms with Crippen LogP contribution in [-0.4, -0.2) is 75.5 Å². The Morgan fingerprint density at radius 2 is 1.18 bits per heavy atom. The first kappa shape index (κ1) is 42.6. The van der Waals surface area contributed by atoms with Crippen molar-refractivity contribution in [3.05, 3.63) is 36.5 Å². The van der Waals surface area contributed by atoms with Crippen molar-refractivity contribution in [3.8, 4) is 0 Å². The number of rotatable bonds is 30. The molecule has 0 rings (SSSR count). The van der Waals surface area contributed by atoms with Crippen molar-refractivity contribution in [1.29, 1.82) is 0 Å². The molecule has 0 saturated carbocycles. The summed E-state index contributed by atoms with van der Waals surface area (Å²) in [6.07, 6.45) is 29.2. The number of hydrogen-bond donors (Lipinski definition) is 0. The molecule has 0 aliphatic rings. The van der Waals surface area contributed by atoms with Crippen LogP contribution in [0.5, 0.6) is 0 Å². The number of aliphatic carboxylic acids is 1. The average Bonchev–Trinajstić information content (AvgIpc) is 2.98. The Balaban J connectivity index is 4.57. The first-order chi connectivity index (χ1) is 21.6. The second kappa shape index (κ2) is 29.0. The highest BCUT2D eigenvalue weighted by molar-refractivity contribution is 5.70. The average molecular weight is 636 g/mol. The maximum atomic E-state index is 12.5. The lowest BCUT2D eigenvalue weighted by Crippen LogP contribution is -2.55. The molecule has 2 atom stereocenters. The van der Waals surface area contributed by atoms with Crippen LogP contribution < -0.4 is 5.11 Å². The van der Waals surface area contributed by atoms with Gasteiger partial charge < -0.3 is 28.6 Å². The van der Waals surface area contributed by atoms with Crippen LogP contribution in [-0.2, 0) is 28.6 Å². The van der Waals surface area contributed by atoms with E-state index in [1.807, 2.05) is 12.2 Å². The van der Waals surface area contributed by atoms with Gasteiger partial charge in [0.15, 0.2) is 6.10 Å². The fourth-order valence-corrected chi connectivity index (χ4v) is 4.73. The van der Waals surface area contributed by atoms with Crippen LogP contribution >= 0.6 is 0 Å². The first-order valence-electron chi connectivity index (χ1n) is 17.5. The van der Waals surface area contributed by atoms with E-state index in [9.17, 15) is 19.5 Å². The third kappa shape index (κ3) is 27.6. The molecule has 260 valence electrons. The van der Waals surface area contributed by atoms with Crippen LogP contribution in [0.4, 0.5) is 0 Å². The molecule has 0 aromatic heterocycles. The van der Waals surface area contributed by atoms with Crippen molar-refractivity contribution in [1.82, 2.24) is 0 Å². The minimum Gasteiger partial charge on any atom is -0.544 e. The summed E-state index contributed by atoms with van der Waals surface area (Å²) in [6, 6.07) is -0.735. The molecule has 0 N–H and O–H groups in total. The predicted molar refractivity (Wildman–Crippen MR) is 180 cm³/mol. The Kier molecular flexibility index (Phi) is 27.4. The Labute approximate surface area is 274 Å². The number of unbranched alkanes of at least 4 members (excludes halogenated alkanes) is 10. The fourth-order valence-electron chi connectivity index (χ4n) is 4.73. The number of quaternary nitrogens is 1. The van der Waals surface area contributed by atoms with Crippen molar-refractivity contribution in [2.24, 2.45) is 0 Å². The zero-order chi connectivity index (χ0) is 33.6. The van der Waals surface area contributed by atoms with E-state index < -0.39 is 18.1 Å². The van der Waals surface area contributed by atoms with Gasteiger partial charge in [-0.3, -0.25) is 9.59 Å². The Hall–Kier alpha value is -2.45. The maximum Gasteiger partial charge on any atom is 0.306 e. The van der Waals surface area contributed by atoms with E-state index in [2.05, 4.69) is 38.2 Å². The number of carboxylic acids is 1. The summed E-state index contributed by atoms with van der Waals surface area (Å²) in [6.45, 7) is 4.47. The van der Waals surface area contributed by atoms with E-state index in [1.54, 1.807) is 21.1 Å². The lowest BCUT2D eigenvalue weighted by Gasteiger charge is -2.34.